The molecule has 0 aliphatic rings. The molecule has 0 atom stereocenters. The highest BCUT2D eigenvalue weighted by atomic mass is 127. The number of nitrogens with zero attached hydrogens (tertiary/aromatic N) is 2. The fraction of sp³-hybridized carbons (Fsp3) is 0.304. The number of nitrogens with one attached hydrogen (secondary N) is 1. The standard InChI is InChI=1S/C23H26IN3O6S/c1-23(2,3)15-9-11-16(12-10-15)34(29,30)27-20-19(21(32-14-13-28)26-22(24)25-20)33-18-8-6-5-7-17(18)31-4/h5-12,28H,13-14H2,1-4H3,(H,25,26,27). The summed E-state index contributed by atoms with van der Waals surface area (Å²) in [5, 5.41) is 9.20. The highest BCUT2D eigenvalue weighted by Crippen LogP contribution is 2.40. The first-order chi connectivity index (χ1) is 16.0. The first-order valence-electron chi connectivity index (χ1n) is 10.3. The van der Waals surface area contributed by atoms with Crippen LogP contribution in [0.2, 0.25) is 0 Å². The number of methoxy groups -OCH3 is 1. The number of aliphatic hydroxyl groups excluding tert-OH is 1. The van der Waals surface area contributed by atoms with Gasteiger partial charge in [-0.15, -0.1) is 0 Å². The topological polar surface area (TPSA) is 120 Å². The van der Waals surface area contributed by atoms with Gasteiger partial charge in [-0.25, -0.2) is 13.4 Å². The number of halogens is 1. The fourth-order valence-corrected chi connectivity index (χ4v) is 4.40. The molecule has 2 N–H and O–H groups in total. The maximum atomic E-state index is 13.2. The minimum atomic E-state index is -4.02. The maximum absolute atomic E-state index is 13.2. The van der Waals surface area contributed by atoms with Gasteiger partial charge in [-0.05, 0) is 35.2 Å². The van der Waals surface area contributed by atoms with Crippen LogP contribution in [0.1, 0.15) is 26.3 Å². The van der Waals surface area contributed by atoms with E-state index in [0.717, 1.165) is 5.56 Å². The number of para-hydroxylation sites is 2. The summed E-state index contributed by atoms with van der Waals surface area (Å²) in [7, 11) is -2.53. The molecule has 0 saturated heterocycles. The number of hydrogen-bond donors (Lipinski definition) is 2. The number of benzene rings is 2. The van der Waals surface area contributed by atoms with Crippen LogP contribution in [-0.4, -0.2) is 43.8 Å². The summed E-state index contributed by atoms with van der Waals surface area (Å²) in [6, 6.07) is 13.5. The van der Waals surface area contributed by atoms with Gasteiger partial charge in [-0.3, -0.25) is 4.72 Å². The first-order valence-corrected chi connectivity index (χ1v) is 12.9. The van der Waals surface area contributed by atoms with E-state index in [1.807, 2.05) is 43.4 Å². The van der Waals surface area contributed by atoms with Crippen LogP contribution in [0.25, 0.3) is 0 Å². The maximum Gasteiger partial charge on any atom is 0.264 e. The quantitative estimate of drug-likeness (QED) is 0.275. The summed E-state index contributed by atoms with van der Waals surface area (Å²) in [4.78, 5) is 8.51. The first kappa shape index (κ1) is 26.0. The zero-order chi connectivity index (χ0) is 24.9. The third kappa shape index (κ3) is 6.27. The predicted molar refractivity (Wildman–Crippen MR) is 136 cm³/mol. The van der Waals surface area contributed by atoms with Crippen LogP contribution >= 0.6 is 22.6 Å². The van der Waals surface area contributed by atoms with E-state index in [2.05, 4.69) is 14.7 Å². The molecule has 0 bridgehead atoms. The Hall–Kier alpha value is -2.64. The van der Waals surface area contributed by atoms with Crippen LogP contribution in [0.3, 0.4) is 0 Å². The molecule has 3 aromatic rings. The van der Waals surface area contributed by atoms with Gasteiger partial charge >= 0.3 is 0 Å². The molecule has 11 heteroatoms. The normalized spacial score (nSPS) is 11.7. The number of rotatable bonds is 9. The van der Waals surface area contributed by atoms with Crippen molar-refractivity contribution in [3.05, 3.63) is 57.9 Å². The Bertz CT molecular complexity index is 1240. The summed E-state index contributed by atoms with van der Waals surface area (Å²) in [6.45, 7) is 5.80. The number of aliphatic hydroxyl groups is 1. The summed E-state index contributed by atoms with van der Waals surface area (Å²) < 4.78 is 45.9. The molecule has 0 radical (unpaired) electrons. The summed E-state index contributed by atoms with van der Waals surface area (Å²) in [5.74, 6) is 0.519. The van der Waals surface area contributed by atoms with Gasteiger partial charge in [-0.1, -0.05) is 45.0 Å². The number of ether oxygens (including phenoxy) is 3. The lowest BCUT2D eigenvalue weighted by molar-refractivity contribution is 0.192. The monoisotopic (exact) mass is 599 g/mol. The van der Waals surface area contributed by atoms with E-state index in [4.69, 9.17) is 14.2 Å². The number of anilines is 1. The van der Waals surface area contributed by atoms with Crippen molar-refractivity contribution < 1.29 is 27.7 Å². The minimum Gasteiger partial charge on any atom is -0.493 e. The Kier molecular flexibility index (Phi) is 8.21. The smallest absolute Gasteiger partial charge is 0.264 e. The molecule has 3 rings (SSSR count). The number of sulfonamides is 1. The van der Waals surface area contributed by atoms with Gasteiger partial charge in [0.25, 0.3) is 15.9 Å². The average Bonchev–Trinajstić information content (AvgIpc) is 2.79. The summed E-state index contributed by atoms with van der Waals surface area (Å²) >= 11 is 1.84. The molecule has 0 spiro atoms. The van der Waals surface area contributed by atoms with Gasteiger partial charge in [0.05, 0.1) is 18.6 Å². The fourth-order valence-electron chi connectivity index (χ4n) is 2.94. The van der Waals surface area contributed by atoms with Crippen LogP contribution < -0.4 is 18.9 Å². The Morgan fingerprint density at radius 2 is 1.68 bits per heavy atom. The van der Waals surface area contributed by atoms with Crippen molar-refractivity contribution in [3.8, 4) is 23.1 Å². The van der Waals surface area contributed by atoms with Crippen LogP contribution in [0.4, 0.5) is 5.82 Å². The van der Waals surface area contributed by atoms with E-state index in [-0.39, 0.29) is 44.8 Å². The van der Waals surface area contributed by atoms with E-state index in [1.165, 1.54) is 7.11 Å². The van der Waals surface area contributed by atoms with E-state index in [9.17, 15) is 13.5 Å². The second-order valence-corrected chi connectivity index (χ2v) is 10.8. The molecular weight excluding hydrogens is 573 g/mol. The zero-order valence-electron chi connectivity index (χ0n) is 19.2. The van der Waals surface area contributed by atoms with Crippen molar-refractivity contribution in [2.75, 3.05) is 25.0 Å². The van der Waals surface area contributed by atoms with Crippen molar-refractivity contribution in [1.82, 2.24) is 9.97 Å². The van der Waals surface area contributed by atoms with E-state index in [1.54, 1.807) is 48.5 Å². The van der Waals surface area contributed by atoms with Crippen LogP contribution in [-0.2, 0) is 15.4 Å². The molecule has 1 aromatic heterocycles. The molecule has 9 nitrogen and oxygen atoms in total. The van der Waals surface area contributed by atoms with Gasteiger partial charge in [-0.2, -0.15) is 4.98 Å². The van der Waals surface area contributed by atoms with Crippen molar-refractivity contribution in [2.24, 2.45) is 0 Å². The molecule has 0 amide bonds. The summed E-state index contributed by atoms with van der Waals surface area (Å²) in [5.41, 5.74) is 0.885. The SMILES string of the molecule is COc1ccccc1Oc1c(NS(=O)(=O)c2ccc(C(C)(C)C)cc2)nc(I)nc1OCCO. The molecule has 0 saturated carbocycles. The Labute approximate surface area is 212 Å². The highest BCUT2D eigenvalue weighted by molar-refractivity contribution is 14.1. The van der Waals surface area contributed by atoms with Crippen molar-refractivity contribution in [2.45, 2.75) is 31.1 Å². The third-order valence-corrected chi connectivity index (χ3v) is 6.52. The Balaban J connectivity index is 2.05. The molecule has 34 heavy (non-hydrogen) atoms. The molecule has 182 valence electrons. The molecule has 0 fully saturated rings. The molecule has 1 heterocycles. The van der Waals surface area contributed by atoms with Crippen LogP contribution in [0.5, 0.6) is 23.1 Å². The Morgan fingerprint density at radius 3 is 2.26 bits per heavy atom. The van der Waals surface area contributed by atoms with Gasteiger partial charge in [0.15, 0.2) is 21.1 Å². The lowest BCUT2D eigenvalue weighted by Crippen LogP contribution is -2.17. The van der Waals surface area contributed by atoms with Gasteiger partial charge in [0, 0.05) is 22.6 Å². The van der Waals surface area contributed by atoms with Crippen molar-refractivity contribution in [1.29, 1.82) is 0 Å². The average molecular weight is 599 g/mol. The van der Waals surface area contributed by atoms with Crippen LogP contribution in [0.15, 0.2) is 53.4 Å². The molecule has 0 aliphatic carbocycles. The molecular formula is C23H26IN3O6S. The minimum absolute atomic E-state index is 0.0277. The largest absolute Gasteiger partial charge is 0.493 e. The molecule has 2 aromatic carbocycles. The highest BCUT2D eigenvalue weighted by Gasteiger charge is 2.25. The van der Waals surface area contributed by atoms with Gasteiger partial charge in [0.2, 0.25) is 5.75 Å². The molecule has 0 aliphatic heterocycles. The lowest BCUT2D eigenvalue weighted by atomic mass is 9.87. The predicted octanol–water partition coefficient (Wildman–Crippen LogP) is 4.35. The number of hydrogen-bond acceptors (Lipinski definition) is 8. The number of aromatic nitrogens is 2. The zero-order valence-corrected chi connectivity index (χ0v) is 22.2. The van der Waals surface area contributed by atoms with Crippen molar-refractivity contribution in [3.63, 3.8) is 0 Å². The van der Waals surface area contributed by atoms with E-state index >= 15 is 0 Å². The Morgan fingerprint density at radius 1 is 1.03 bits per heavy atom. The second-order valence-electron chi connectivity index (χ2n) is 8.18. The van der Waals surface area contributed by atoms with Gasteiger partial charge in [0.1, 0.15) is 6.61 Å². The lowest BCUT2D eigenvalue weighted by Gasteiger charge is -2.19. The van der Waals surface area contributed by atoms with E-state index < -0.39 is 10.0 Å². The van der Waals surface area contributed by atoms with Crippen LogP contribution in [0, 0.1) is 3.83 Å². The van der Waals surface area contributed by atoms with Crippen molar-refractivity contribution >= 4 is 38.4 Å². The second kappa shape index (κ2) is 10.7. The summed E-state index contributed by atoms with van der Waals surface area (Å²) in [6.07, 6.45) is 0. The van der Waals surface area contributed by atoms with Gasteiger partial charge < -0.3 is 19.3 Å². The third-order valence-electron chi connectivity index (χ3n) is 4.68. The van der Waals surface area contributed by atoms with E-state index in [0.29, 0.717) is 11.5 Å². The molecule has 0 unspecified atom stereocenters.